The number of anilines is 1. The Balaban J connectivity index is 1.61. The molecule has 2 aromatic rings. The molecule has 2 aliphatic heterocycles. The Morgan fingerprint density at radius 3 is 2.83 bits per heavy atom. The Hall–Kier alpha value is -2.05. The van der Waals surface area contributed by atoms with Crippen molar-refractivity contribution < 1.29 is 14.4 Å². The highest BCUT2D eigenvalue weighted by molar-refractivity contribution is 7.16. The highest BCUT2D eigenvalue weighted by atomic mass is 32.1. The highest BCUT2D eigenvalue weighted by Crippen LogP contribution is 2.39. The van der Waals surface area contributed by atoms with E-state index in [-0.39, 0.29) is 12.1 Å². The first-order valence-corrected chi connectivity index (χ1v) is 9.23. The summed E-state index contributed by atoms with van der Waals surface area (Å²) in [6.45, 7) is 4.72. The number of hydrogen-bond donors (Lipinski definition) is 3. The molecule has 1 amide bonds. The van der Waals surface area contributed by atoms with Gasteiger partial charge in [0, 0.05) is 6.42 Å². The van der Waals surface area contributed by atoms with E-state index >= 15 is 0 Å². The molecule has 1 aromatic heterocycles. The summed E-state index contributed by atoms with van der Waals surface area (Å²) >= 11 is 1.74. The molecule has 1 unspecified atom stereocenters. The van der Waals surface area contributed by atoms with Crippen LogP contribution in [0.1, 0.15) is 39.5 Å². The molecule has 0 radical (unpaired) electrons. The van der Waals surface area contributed by atoms with E-state index in [4.69, 9.17) is 4.74 Å². The van der Waals surface area contributed by atoms with Crippen LogP contribution in [0.3, 0.4) is 0 Å². The largest absolute Gasteiger partial charge is 0.494 e. The predicted molar refractivity (Wildman–Crippen MR) is 94.9 cm³/mol. The Morgan fingerprint density at radius 2 is 2.08 bits per heavy atom. The van der Waals surface area contributed by atoms with E-state index in [1.807, 2.05) is 31.2 Å². The molecule has 3 heterocycles. The normalized spacial score (nSPS) is 22.2. The van der Waals surface area contributed by atoms with Gasteiger partial charge in [-0.1, -0.05) is 12.1 Å². The Bertz CT molecular complexity index is 769. The van der Waals surface area contributed by atoms with Gasteiger partial charge in [0.1, 0.15) is 23.5 Å². The van der Waals surface area contributed by atoms with Crippen molar-refractivity contribution in [3.63, 3.8) is 0 Å². The average molecular weight is 344 g/mol. The number of amides is 1. The fourth-order valence-corrected chi connectivity index (χ4v) is 4.81. The van der Waals surface area contributed by atoms with Crippen molar-refractivity contribution in [2.24, 2.45) is 0 Å². The molecule has 0 fully saturated rings. The number of thiophene rings is 1. The van der Waals surface area contributed by atoms with Crippen molar-refractivity contribution in [2.75, 3.05) is 25.5 Å². The monoisotopic (exact) mass is 344 g/mol. The smallest absolute Gasteiger partial charge is 0.256 e. The van der Waals surface area contributed by atoms with Gasteiger partial charge in [0.2, 0.25) is 0 Å². The minimum absolute atomic E-state index is 0.0414. The number of rotatable bonds is 3. The lowest BCUT2D eigenvalue weighted by atomic mass is 10.0. The summed E-state index contributed by atoms with van der Waals surface area (Å²) in [6, 6.07) is 7.89. The molecule has 0 spiro atoms. The zero-order valence-corrected chi connectivity index (χ0v) is 14.8. The minimum atomic E-state index is -0.189. The van der Waals surface area contributed by atoms with Crippen molar-refractivity contribution >= 4 is 22.2 Å². The van der Waals surface area contributed by atoms with Crippen LogP contribution in [-0.2, 0) is 13.0 Å². The number of hydrogen-bond acceptors (Lipinski definition) is 4. The second-order valence-corrected chi connectivity index (χ2v) is 7.50. The molecule has 5 nitrogen and oxygen atoms in total. The maximum Gasteiger partial charge on any atom is 0.256 e. The van der Waals surface area contributed by atoms with E-state index in [2.05, 4.69) is 17.7 Å². The topological polar surface area (TPSA) is 54.8 Å². The molecule has 3 N–H and O–H groups in total. The average Bonchev–Trinajstić information content (AvgIpc) is 2.93. The number of quaternary nitrogens is 1. The SMILES string of the molecule is CCOc1ccc([C@H]2NC(=O)c3c(sc4c3CC[NH+](C)C4)N2)cc1. The Morgan fingerprint density at radius 1 is 1.29 bits per heavy atom. The van der Waals surface area contributed by atoms with Crippen LogP contribution in [0.15, 0.2) is 24.3 Å². The third kappa shape index (κ3) is 2.65. The first-order chi connectivity index (χ1) is 11.7. The van der Waals surface area contributed by atoms with Gasteiger partial charge in [-0.2, -0.15) is 0 Å². The molecule has 126 valence electrons. The second kappa shape index (κ2) is 6.11. The number of likely N-dealkylation sites (N-methyl/N-ethyl adjacent to an activating group) is 1. The van der Waals surface area contributed by atoms with Gasteiger partial charge in [-0.05, 0) is 30.2 Å². The number of nitrogens with one attached hydrogen (secondary N) is 3. The second-order valence-electron chi connectivity index (χ2n) is 6.39. The van der Waals surface area contributed by atoms with Crippen LogP contribution < -0.4 is 20.3 Å². The van der Waals surface area contributed by atoms with Crippen molar-refractivity contribution in [2.45, 2.75) is 26.1 Å². The van der Waals surface area contributed by atoms with Gasteiger partial charge in [0.05, 0.1) is 30.6 Å². The van der Waals surface area contributed by atoms with E-state index < -0.39 is 0 Å². The summed E-state index contributed by atoms with van der Waals surface area (Å²) in [7, 11) is 2.21. The first kappa shape index (κ1) is 15.5. The fourth-order valence-electron chi connectivity index (χ4n) is 3.42. The standard InChI is InChI=1S/C18H21N3O2S/c1-3-23-12-6-4-11(5-7-12)16-19-17(22)15-13-8-9-21(2)10-14(13)24-18(15)20-16/h4-7,16,20H,3,8-10H2,1-2H3,(H,19,22)/p+1/t16-/m0/s1. The molecular formula is C18H22N3O2S+. The number of fused-ring (bicyclic) bond motifs is 3. The van der Waals surface area contributed by atoms with Gasteiger partial charge in [0.25, 0.3) is 5.91 Å². The molecular weight excluding hydrogens is 322 g/mol. The Kier molecular flexibility index (Phi) is 3.94. The first-order valence-electron chi connectivity index (χ1n) is 8.41. The number of benzene rings is 1. The van der Waals surface area contributed by atoms with Crippen LogP contribution in [0.25, 0.3) is 0 Å². The Labute approximate surface area is 145 Å². The molecule has 0 aliphatic carbocycles. The van der Waals surface area contributed by atoms with Crippen molar-refractivity contribution in [3.05, 3.63) is 45.8 Å². The molecule has 1 aromatic carbocycles. The highest BCUT2D eigenvalue weighted by Gasteiger charge is 2.33. The number of ether oxygens (including phenoxy) is 1. The van der Waals surface area contributed by atoms with Crippen LogP contribution in [0, 0.1) is 0 Å². The van der Waals surface area contributed by atoms with Crippen LogP contribution in [-0.4, -0.2) is 26.1 Å². The van der Waals surface area contributed by atoms with Gasteiger partial charge in [-0.15, -0.1) is 11.3 Å². The fraction of sp³-hybridized carbons (Fsp3) is 0.389. The van der Waals surface area contributed by atoms with Gasteiger partial charge < -0.3 is 20.3 Å². The minimum Gasteiger partial charge on any atom is -0.494 e. The molecule has 0 bridgehead atoms. The maximum absolute atomic E-state index is 12.7. The van der Waals surface area contributed by atoms with Crippen molar-refractivity contribution in [1.29, 1.82) is 0 Å². The molecule has 4 rings (SSSR count). The molecule has 0 saturated carbocycles. The molecule has 6 heteroatoms. The van der Waals surface area contributed by atoms with Crippen LogP contribution in [0.5, 0.6) is 5.75 Å². The van der Waals surface area contributed by atoms with E-state index in [1.165, 1.54) is 15.3 Å². The summed E-state index contributed by atoms with van der Waals surface area (Å²) in [5, 5.41) is 7.61. The third-order valence-electron chi connectivity index (χ3n) is 4.66. The zero-order valence-electron chi connectivity index (χ0n) is 13.9. The van der Waals surface area contributed by atoms with E-state index in [0.717, 1.165) is 41.4 Å². The molecule has 0 saturated heterocycles. The summed E-state index contributed by atoms with van der Waals surface area (Å²) in [5.74, 6) is 0.890. The van der Waals surface area contributed by atoms with E-state index in [9.17, 15) is 4.79 Å². The summed E-state index contributed by atoms with van der Waals surface area (Å²) in [6.07, 6.45) is 0.793. The third-order valence-corrected chi connectivity index (χ3v) is 5.82. The van der Waals surface area contributed by atoms with E-state index in [0.29, 0.717) is 6.61 Å². The molecule has 2 aliphatic rings. The van der Waals surface area contributed by atoms with Gasteiger partial charge in [-0.25, -0.2) is 0 Å². The summed E-state index contributed by atoms with van der Waals surface area (Å²) < 4.78 is 5.48. The van der Waals surface area contributed by atoms with Crippen molar-refractivity contribution in [3.8, 4) is 5.75 Å². The number of carbonyl (C=O) groups excluding carboxylic acids is 1. The quantitative estimate of drug-likeness (QED) is 0.792. The van der Waals surface area contributed by atoms with Gasteiger partial charge in [0.15, 0.2) is 0 Å². The van der Waals surface area contributed by atoms with Crippen LogP contribution in [0.4, 0.5) is 5.00 Å². The molecule has 2 atom stereocenters. The van der Waals surface area contributed by atoms with Crippen LogP contribution >= 0.6 is 11.3 Å². The lowest BCUT2D eigenvalue weighted by Gasteiger charge is -2.27. The zero-order chi connectivity index (χ0) is 16.7. The summed E-state index contributed by atoms with van der Waals surface area (Å²) in [4.78, 5) is 15.5. The predicted octanol–water partition coefficient (Wildman–Crippen LogP) is 1.57. The van der Waals surface area contributed by atoms with Gasteiger partial charge in [-0.3, -0.25) is 4.79 Å². The molecule has 24 heavy (non-hydrogen) atoms. The number of carbonyl (C=O) groups is 1. The lowest BCUT2D eigenvalue weighted by molar-refractivity contribution is -0.895. The van der Waals surface area contributed by atoms with E-state index in [1.54, 1.807) is 11.3 Å². The summed E-state index contributed by atoms with van der Waals surface area (Å²) in [5.41, 5.74) is 3.15. The lowest BCUT2D eigenvalue weighted by Crippen LogP contribution is -3.08. The van der Waals surface area contributed by atoms with Crippen molar-refractivity contribution in [1.82, 2.24) is 5.32 Å². The maximum atomic E-state index is 12.7. The van der Waals surface area contributed by atoms with Gasteiger partial charge >= 0.3 is 0 Å². The van der Waals surface area contributed by atoms with Crippen LogP contribution in [0.2, 0.25) is 0 Å².